The van der Waals surface area contributed by atoms with Gasteiger partial charge in [-0.25, -0.2) is 0 Å². The maximum Gasteiger partial charge on any atom is 0.259 e. The van der Waals surface area contributed by atoms with Gasteiger partial charge in [0.2, 0.25) is 0 Å². The van der Waals surface area contributed by atoms with E-state index in [4.69, 9.17) is 15.2 Å². The summed E-state index contributed by atoms with van der Waals surface area (Å²) in [6, 6.07) is 16.6. The molecule has 4 heteroatoms. The number of hydrogen-bond donors (Lipinski definition) is 1. The zero-order valence-corrected chi connectivity index (χ0v) is 9.81. The molecule has 2 aromatic rings. The van der Waals surface area contributed by atoms with E-state index < -0.39 is 0 Å². The Kier molecular flexibility index (Phi) is 3.57. The third-order valence-electron chi connectivity index (χ3n) is 2.02. The van der Waals surface area contributed by atoms with Gasteiger partial charge in [0.15, 0.2) is 0 Å². The molecule has 0 bridgehead atoms. The van der Waals surface area contributed by atoms with Crippen molar-refractivity contribution in [2.24, 2.45) is 5.73 Å². The van der Waals surface area contributed by atoms with Crippen molar-refractivity contribution < 1.29 is 9.47 Å². The third kappa shape index (κ3) is 3.46. The van der Waals surface area contributed by atoms with Gasteiger partial charge in [-0.05, 0) is 48.6 Å². The molecular formula is C13H11NO2S. The number of hydrogen-bond acceptors (Lipinski definition) is 3. The Bertz CT molecular complexity index is 497. The number of nitrogens with two attached hydrogens (primary N) is 1. The second-order valence-corrected chi connectivity index (χ2v) is 3.71. The van der Waals surface area contributed by atoms with E-state index in [1.807, 2.05) is 30.3 Å². The van der Waals surface area contributed by atoms with Gasteiger partial charge in [-0.2, -0.15) is 0 Å². The zero-order valence-electron chi connectivity index (χ0n) is 9.00. The molecule has 0 radical (unpaired) electrons. The van der Waals surface area contributed by atoms with Crippen molar-refractivity contribution in [1.82, 2.24) is 0 Å². The normalized spacial score (nSPS) is 9.65. The number of ether oxygens (including phenoxy) is 2. The fourth-order valence-corrected chi connectivity index (χ4v) is 1.41. The molecule has 0 saturated heterocycles. The van der Waals surface area contributed by atoms with Crippen LogP contribution in [0.5, 0.6) is 17.2 Å². The van der Waals surface area contributed by atoms with Crippen molar-refractivity contribution in [3.05, 3.63) is 54.6 Å². The number of rotatable bonds is 3. The predicted octanol–water partition coefficient (Wildman–Crippen LogP) is 3.10. The van der Waals surface area contributed by atoms with Gasteiger partial charge in [0.05, 0.1) is 0 Å². The van der Waals surface area contributed by atoms with E-state index in [0.29, 0.717) is 5.75 Å². The van der Waals surface area contributed by atoms with Gasteiger partial charge in [0, 0.05) is 0 Å². The van der Waals surface area contributed by atoms with Crippen molar-refractivity contribution in [3.8, 4) is 17.2 Å². The van der Waals surface area contributed by atoms with Gasteiger partial charge in [0.1, 0.15) is 17.2 Å². The van der Waals surface area contributed by atoms with Crippen LogP contribution in [-0.2, 0) is 0 Å². The smallest absolute Gasteiger partial charge is 0.259 e. The lowest BCUT2D eigenvalue weighted by Gasteiger charge is -2.06. The topological polar surface area (TPSA) is 44.5 Å². The summed E-state index contributed by atoms with van der Waals surface area (Å²) in [7, 11) is 0. The van der Waals surface area contributed by atoms with E-state index in [0.717, 1.165) is 11.5 Å². The van der Waals surface area contributed by atoms with Gasteiger partial charge in [-0.3, -0.25) is 0 Å². The van der Waals surface area contributed by atoms with Crippen LogP contribution in [-0.4, -0.2) is 5.17 Å². The average molecular weight is 245 g/mol. The van der Waals surface area contributed by atoms with Crippen LogP contribution in [0.4, 0.5) is 0 Å². The molecule has 0 spiro atoms. The van der Waals surface area contributed by atoms with Gasteiger partial charge in [0.25, 0.3) is 5.17 Å². The number of thiocarbonyl (C=S) groups is 1. The molecule has 0 aliphatic rings. The lowest BCUT2D eigenvalue weighted by Crippen LogP contribution is -2.15. The molecule has 0 aromatic heterocycles. The highest BCUT2D eigenvalue weighted by molar-refractivity contribution is 7.80. The first-order valence-corrected chi connectivity index (χ1v) is 5.45. The van der Waals surface area contributed by atoms with Gasteiger partial charge < -0.3 is 15.2 Å². The van der Waals surface area contributed by atoms with Gasteiger partial charge >= 0.3 is 0 Å². The van der Waals surface area contributed by atoms with E-state index >= 15 is 0 Å². The van der Waals surface area contributed by atoms with Crippen LogP contribution in [0, 0.1) is 0 Å². The molecule has 86 valence electrons. The summed E-state index contributed by atoms with van der Waals surface area (Å²) in [4.78, 5) is 0. The molecule has 0 amide bonds. The van der Waals surface area contributed by atoms with Crippen LogP contribution in [0.15, 0.2) is 54.6 Å². The molecule has 0 atom stereocenters. The Morgan fingerprint density at radius 1 is 0.824 bits per heavy atom. The molecule has 2 N–H and O–H groups in total. The Balaban J connectivity index is 2.06. The molecule has 0 aliphatic heterocycles. The van der Waals surface area contributed by atoms with Gasteiger partial charge in [-0.15, -0.1) is 0 Å². The Labute approximate surface area is 105 Å². The Hall–Kier alpha value is -2.07. The molecule has 0 heterocycles. The van der Waals surface area contributed by atoms with Crippen molar-refractivity contribution in [2.75, 3.05) is 0 Å². The first-order valence-electron chi connectivity index (χ1n) is 5.04. The molecule has 17 heavy (non-hydrogen) atoms. The molecule has 3 nitrogen and oxygen atoms in total. The summed E-state index contributed by atoms with van der Waals surface area (Å²) in [6.45, 7) is 0. The Morgan fingerprint density at radius 2 is 1.35 bits per heavy atom. The number of para-hydroxylation sites is 1. The SMILES string of the molecule is NC(=S)Oc1ccc(Oc2ccccc2)cc1. The summed E-state index contributed by atoms with van der Waals surface area (Å²) in [5.74, 6) is 2.11. The van der Waals surface area contributed by atoms with Crippen LogP contribution >= 0.6 is 12.2 Å². The van der Waals surface area contributed by atoms with Crippen LogP contribution in [0.2, 0.25) is 0 Å². The van der Waals surface area contributed by atoms with Crippen LogP contribution in [0.3, 0.4) is 0 Å². The highest BCUT2D eigenvalue weighted by Gasteiger charge is 1.98. The van der Waals surface area contributed by atoms with Crippen molar-refractivity contribution >= 4 is 17.4 Å². The quantitative estimate of drug-likeness (QED) is 0.844. The summed E-state index contributed by atoms with van der Waals surface area (Å²) >= 11 is 4.64. The van der Waals surface area contributed by atoms with E-state index in [2.05, 4.69) is 12.2 Å². The molecular weight excluding hydrogens is 234 g/mol. The minimum absolute atomic E-state index is 0.00160. The van der Waals surface area contributed by atoms with Crippen LogP contribution in [0.1, 0.15) is 0 Å². The lowest BCUT2D eigenvalue weighted by atomic mass is 10.3. The fraction of sp³-hybridized carbons (Fsp3) is 0. The average Bonchev–Trinajstić information content (AvgIpc) is 2.32. The highest BCUT2D eigenvalue weighted by atomic mass is 32.1. The fourth-order valence-electron chi connectivity index (χ4n) is 1.32. The van der Waals surface area contributed by atoms with E-state index in [1.165, 1.54) is 0 Å². The second-order valence-electron chi connectivity index (χ2n) is 3.31. The molecule has 0 aliphatic carbocycles. The first-order chi connectivity index (χ1) is 8.24. The maximum absolute atomic E-state index is 5.62. The summed E-state index contributed by atoms with van der Waals surface area (Å²) < 4.78 is 10.7. The van der Waals surface area contributed by atoms with Crippen molar-refractivity contribution in [2.45, 2.75) is 0 Å². The molecule has 2 rings (SSSR count). The lowest BCUT2D eigenvalue weighted by molar-refractivity contribution is 0.480. The van der Waals surface area contributed by atoms with Crippen molar-refractivity contribution in [3.63, 3.8) is 0 Å². The minimum atomic E-state index is 0.00160. The van der Waals surface area contributed by atoms with E-state index in [1.54, 1.807) is 24.3 Å². The minimum Gasteiger partial charge on any atom is -0.457 e. The molecule has 0 saturated carbocycles. The summed E-state index contributed by atoms with van der Waals surface area (Å²) in [6.07, 6.45) is 0. The Morgan fingerprint density at radius 3 is 1.94 bits per heavy atom. The molecule has 2 aromatic carbocycles. The highest BCUT2D eigenvalue weighted by Crippen LogP contribution is 2.23. The standard InChI is InChI=1S/C13H11NO2S/c14-13(17)16-12-8-6-11(7-9-12)15-10-4-2-1-3-5-10/h1-9H,(H2,14,17). The van der Waals surface area contributed by atoms with Gasteiger partial charge in [-0.1, -0.05) is 18.2 Å². The zero-order chi connectivity index (χ0) is 12.1. The molecule has 0 unspecified atom stereocenters. The monoisotopic (exact) mass is 245 g/mol. The second kappa shape index (κ2) is 5.32. The summed E-state index contributed by atoms with van der Waals surface area (Å²) in [5.41, 5.74) is 5.26. The predicted molar refractivity (Wildman–Crippen MR) is 70.4 cm³/mol. The third-order valence-corrected chi connectivity index (χ3v) is 2.10. The van der Waals surface area contributed by atoms with Crippen LogP contribution < -0.4 is 15.2 Å². The maximum atomic E-state index is 5.62. The van der Waals surface area contributed by atoms with Crippen molar-refractivity contribution in [1.29, 1.82) is 0 Å². The summed E-state index contributed by atoms with van der Waals surface area (Å²) in [5, 5.41) is 0.00160. The number of benzene rings is 2. The largest absolute Gasteiger partial charge is 0.457 e. The van der Waals surface area contributed by atoms with E-state index in [-0.39, 0.29) is 5.17 Å². The molecule has 0 fully saturated rings. The van der Waals surface area contributed by atoms with E-state index in [9.17, 15) is 0 Å². The van der Waals surface area contributed by atoms with Crippen LogP contribution in [0.25, 0.3) is 0 Å². The first kappa shape index (κ1) is 11.4.